The summed E-state index contributed by atoms with van der Waals surface area (Å²) in [5, 5.41) is 1.30. The predicted octanol–water partition coefficient (Wildman–Crippen LogP) is 6.87. The Balaban J connectivity index is 1.75. The minimum atomic E-state index is 0.121. The summed E-state index contributed by atoms with van der Waals surface area (Å²) in [6.07, 6.45) is 13.8. The molecule has 0 aliphatic heterocycles. The number of hydrogen-bond acceptors (Lipinski definition) is 3. The summed E-state index contributed by atoms with van der Waals surface area (Å²) < 4.78 is 8.25. The predicted molar refractivity (Wildman–Crippen MR) is 118 cm³/mol. The molecule has 1 heterocycles. The van der Waals surface area contributed by atoms with E-state index in [1.54, 1.807) is 12.3 Å². The van der Waals surface area contributed by atoms with E-state index < -0.39 is 0 Å². The van der Waals surface area contributed by atoms with Crippen molar-refractivity contribution in [3.8, 4) is 0 Å². The lowest BCUT2D eigenvalue weighted by Crippen LogP contribution is -2.22. The fourth-order valence-corrected chi connectivity index (χ4v) is 4.33. The van der Waals surface area contributed by atoms with Crippen LogP contribution in [0.5, 0.6) is 0 Å². The van der Waals surface area contributed by atoms with E-state index in [4.69, 9.17) is 27.9 Å². The van der Waals surface area contributed by atoms with Crippen LogP contribution in [0, 0.1) is 0 Å². The van der Waals surface area contributed by atoms with Crippen LogP contribution in [-0.2, 0) is 17.9 Å². The molecule has 0 radical (unpaired) electrons. The highest BCUT2D eigenvalue weighted by atomic mass is 35.5. The van der Waals surface area contributed by atoms with Crippen molar-refractivity contribution in [1.82, 2.24) is 9.55 Å². The zero-order valence-electron chi connectivity index (χ0n) is 16.1. The number of hydrogen-bond donors (Lipinski definition) is 0. The Kier molecular flexibility index (Phi) is 11.3. The first-order valence-electron chi connectivity index (χ1n) is 9.78. The van der Waals surface area contributed by atoms with E-state index in [-0.39, 0.29) is 6.10 Å². The van der Waals surface area contributed by atoms with Crippen LogP contribution in [0.1, 0.15) is 51.0 Å². The highest BCUT2D eigenvalue weighted by Gasteiger charge is 2.12. The number of thioether (sulfide) groups is 1. The zero-order valence-corrected chi connectivity index (χ0v) is 18.4. The lowest BCUT2D eigenvalue weighted by Gasteiger charge is -2.19. The third kappa shape index (κ3) is 9.38. The van der Waals surface area contributed by atoms with Crippen LogP contribution in [0.3, 0.4) is 0 Å². The first kappa shape index (κ1) is 22.6. The minimum Gasteiger partial charge on any atom is -0.371 e. The second kappa shape index (κ2) is 13.5. The summed E-state index contributed by atoms with van der Waals surface area (Å²) in [6.45, 7) is 3.55. The molecule has 1 unspecified atom stereocenters. The van der Waals surface area contributed by atoms with Crippen molar-refractivity contribution in [2.24, 2.45) is 0 Å². The van der Waals surface area contributed by atoms with Gasteiger partial charge in [-0.15, -0.1) is 0 Å². The van der Waals surface area contributed by atoms with Gasteiger partial charge < -0.3 is 9.30 Å². The Hall–Kier alpha value is -0.680. The van der Waals surface area contributed by atoms with Crippen LogP contribution in [0.2, 0.25) is 10.0 Å². The molecule has 2 aromatic rings. The van der Waals surface area contributed by atoms with Gasteiger partial charge in [-0.2, -0.15) is 11.8 Å². The highest BCUT2D eigenvalue weighted by Crippen LogP contribution is 2.22. The molecular formula is C21H30Cl2N2OS. The molecule has 0 aliphatic carbocycles. The maximum absolute atomic E-state index is 6.27. The standard InChI is InChI=1S/C21H30Cl2N2OS/c1-2-3-4-5-6-7-12-27-16-20(14-25-11-10-24-17-25)26-15-18-8-9-19(22)13-21(18)23/h8-11,13,17,20H,2-7,12,14-16H2,1H3. The number of ether oxygens (including phenoxy) is 1. The van der Waals surface area contributed by atoms with E-state index in [1.165, 1.54) is 44.3 Å². The summed E-state index contributed by atoms with van der Waals surface area (Å²) >= 11 is 14.2. The van der Waals surface area contributed by atoms with Gasteiger partial charge in [0, 0.05) is 28.2 Å². The van der Waals surface area contributed by atoms with Crippen LogP contribution in [0.15, 0.2) is 36.9 Å². The van der Waals surface area contributed by atoms with E-state index in [2.05, 4.69) is 16.5 Å². The average molecular weight is 429 g/mol. The Morgan fingerprint density at radius 3 is 2.70 bits per heavy atom. The fraction of sp³-hybridized carbons (Fsp3) is 0.571. The summed E-state index contributed by atoms with van der Waals surface area (Å²) in [7, 11) is 0. The van der Waals surface area contributed by atoms with E-state index in [0.717, 1.165) is 17.9 Å². The lowest BCUT2D eigenvalue weighted by molar-refractivity contribution is 0.0451. The Bertz CT molecular complexity index is 637. The van der Waals surface area contributed by atoms with E-state index in [9.17, 15) is 0 Å². The topological polar surface area (TPSA) is 27.1 Å². The van der Waals surface area contributed by atoms with Gasteiger partial charge in [-0.1, -0.05) is 68.3 Å². The Morgan fingerprint density at radius 1 is 1.15 bits per heavy atom. The number of benzene rings is 1. The lowest BCUT2D eigenvalue weighted by atomic mass is 10.1. The molecule has 1 atom stereocenters. The van der Waals surface area contributed by atoms with E-state index in [0.29, 0.717) is 16.7 Å². The smallest absolute Gasteiger partial charge is 0.0946 e. The number of imidazole rings is 1. The molecule has 0 saturated carbocycles. The largest absolute Gasteiger partial charge is 0.371 e. The van der Waals surface area contributed by atoms with Crippen LogP contribution in [0.4, 0.5) is 0 Å². The maximum Gasteiger partial charge on any atom is 0.0946 e. The molecule has 1 aromatic heterocycles. The molecule has 0 saturated heterocycles. The van der Waals surface area contributed by atoms with Gasteiger partial charge in [-0.3, -0.25) is 0 Å². The van der Waals surface area contributed by atoms with Crippen LogP contribution in [-0.4, -0.2) is 27.2 Å². The van der Waals surface area contributed by atoms with Crippen LogP contribution < -0.4 is 0 Å². The second-order valence-corrected chi connectivity index (χ2v) is 8.76. The molecule has 0 bridgehead atoms. The van der Waals surface area contributed by atoms with Gasteiger partial charge in [-0.05, 0) is 29.9 Å². The van der Waals surface area contributed by atoms with Crippen molar-refractivity contribution in [1.29, 1.82) is 0 Å². The molecule has 6 heteroatoms. The molecular weight excluding hydrogens is 399 g/mol. The highest BCUT2D eigenvalue weighted by molar-refractivity contribution is 7.99. The van der Waals surface area contributed by atoms with E-state index >= 15 is 0 Å². The summed E-state index contributed by atoms with van der Waals surface area (Å²) in [6, 6.07) is 5.55. The molecule has 3 nitrogen and oxygen atoms in total. The van der Waals surface area contributed by atoms with Crippen LogP contribution in [0.25, 0.3) is 0 Å². The monoisotopic (exact) mass is 428 g/mol. The molecule has 0 amide bonds. The molecule has 2 rings (SSSR count). The summed E-state index contributed by atoms with van der Waals surface area (Å²) in [5.74, 6) is 2.16. The molecule has 0 aliphatic rings. The first-order valence-corrected chi connectivity index (χ1v) is 11.7. The van der Waals surface area contributed by atoms with Gasteiger partial charge in [0.1, 0.15) is 0 Å². The van der Waals surface area contributed by atoms with Gasteiger partial charge >= 0.3 is 0 Å². The third-order valence-corrected chi connectivity index (χ3v) is 6.18. The fourth-order valence-electron chi connectivity index (χ4n) is 2.83. The van der Waals surface area contributed by atoms with Gasteiger partial charge in [0.05, 0.1) is 25.6 Å². The van der Waals surface area contributed by atoms with Crippen molar-refractivity contribution in [2.75, 3.05) is 11.5 Å². The minimum absolute atomic E-state index is 0.121. The molecule has 150 valence electrons. The van der Waals surface area contributed by atoms with Gasteiger partial charge in [0.25, 0.3) is 0 Å². The maximum atomic E-state index is 6.27. The van der Waals surface area contributed by atoms with Crippen molar-refractivity contribution >= 4 is 35.0 Å². The van der Waals surface area contributed by atoms with E-state index in [1.807, 2.05) is 36.4 Å². The Morgan fingerprint density at radius 2 is 1.96 bits per heavy atom. The molecule has 0 N–H and O–H groups in total. The first-order chi connectivity index (χ1) is 13.2. The van der Waals surface area contributed by atoms with Gasteiger partial charge in [-0.25, -0.2) is 4.98 Å². The zero-order chi connectivity index (χ0) is 19.3. The van der Waals surface area contributed by atoms with Crippen molar-refractivity contribution in [3.63, 3.8) is 0 Å². The quantitative estimate of drug-likeness (QED) is 0.307. The molecule has 1 aromatic carbocycles. The number of aromatic nitrogens is 2. The SMILES string of the molecule is CCCCCCCCSCC(Cn1ccnc1)OCc1ccc(Cl)cc1Cl. The van der Waals surface area contributed by atoms with Crippen LogP contribution >= 0.6 is 35.0 Å². The third-order valence-electron chi connectivity index (χ3n) is 4.41. The Labute approximate surface area is 177 Å². The van der Waals surface area contributed by atoms with Gasteiger partial charge in [0.2, 0.25) is 0 Å². The molecule has 27 heavy (non-hydrogen) atoms. The number of halogens is 2. The molecule has 0 fully saturated rings. The number of rotatable bonds is 14. The summed E-state index contributed by atoms with van der Waals surface area (Å²) in [4.78, 5) is 4.13. The van der Waals surface area contributed by atoms with Crippen molar-refractivity contribution in [2.45, 2.75) is 64.7 Å². The normalized spacial score (nSPS) is 12.4. The average Bonchev–Trinajstić information content (AvgIpc) is 3.16. The number of unbranched alkanes of at least 4 members (excludes halogenated alkanes) is 5. The van der Waals surface area contributed by atoms with Gasteiger partial charge in [0.15, 0.2) is 0 Å². The summed E-state index contributed by atoms with van der Waals surface area (Å²) in [5.41, 5.74) is 0.970. The van der Waals surface area contributed by atoms with Crippen molar-refractivity contribution < 1.29 is 4.74 Å². The second-order valence-electron chi connectivity index (χ2n) is 6.77. The van der Waals surface area contributed by atoms with Crippen molar-refractivity contribution in [3.05, 3.63) is 52.5 Å². The number of nitrogens with zero attached hydrogens (tertiary/aromatic N) is 2. The molecule has 0 spiro atoms.